The first-order valence-corrected chi connectivity index (χ1v) is 7.80. The van der Waals surface area contributed by atoms with Crippen molar-refractivity contribution >= 4 is 11.4 Å². The first-order chi connectivity index (χ1) is 12.0. The molecule has 0 saturated heterocycles. The van der Waals surface area contributed by atoms with Crippen LogP contribution >= 0.6 is 0 Å². The summed E-state index contributed by atoms with van der Waals surface area (Å²) in [6.07, 6.45) is -0.747. The number of benzene rings is 2. The van der Waals surface area contributed by atoms with Gasteiger partial charge in [-0.3, -0.25) is 10.1 Å². The van der Waals surface area contributed by atoms with Crippen molar-refractivity contribution in [3.05, 3.63) is 69.8 Å². The van der Waals surface area contributed by atoms with Gasteiger partial charge in [0.25, 0.3) is 0 Å². The lowest BCUT2D eigenvalue weighted by molar-refractivity contribution is -0.512. The van der Waals surface area contributed by atoms with E-state index >= 15 is 0 Å². The maximum absolute atomic E-state index is 11.7. The van der Waals surface area contributed by atoms with Crippen LogP contribution in [0.5, 0.6) is 5.75 Å². The Morgan fingerprint density at radius 2 is 1.76 bits per heavy atom. The molecule has 7 heteroatoms. The van der Waals surface area contributed by atoms with E-state index in [9.17, 15) is 10.1 Å². The van der Waals surface area contributed by atoms with E-state index in [0.717, 1.165) is 11.3 Å². The predicted molar refractivity (Wildman–Crippen MR) is 94.9 cm³/mol. The maximum atomic E-state index is 11.7. The molecule has 2 aromatic rings. The summed E-state index contributed by atoms with van der Waals surface area (Å²) < 4.78 is 5.12. The molecule has 1 heterocycles. The largest absolute Gasteiger partial charge is 0.497 e. The molecule has 0 aliphatic carbocycles. The maximum Gasteiger partial charge on any atom is 0.301 e. The fraction of sp³-hybridized carbons (Fsp3) is 0.278. The lowest BCUT2D eigenvalue weighted by Gasteiger charge is -2.16. The number of hydrogen-bond acceptors (Lipinski definition) is 6. The molecule has 2 aromatic carbocycles. The van der Waals surface area contributed by atoms with Crippen LogP contribution in [0.1, 0.15) is 17.2 Å². The van der Waals surface area contributed by atoms with Crippen molar-refractivity contribution < 1.29 is 14.5 Å². The van der Waals surface area contributed by atoms with E-state index in [1.54, 1.807) is 31.4 Å². The van der Waals surface area contributed by atoms with E-state index < -0.39 is 12.1 Å². The number of hydrogen-bond donors (Lipinski definition) is 0. The molecular weight excluding hydrogens is 322 g/mol. The van der Waals surface area contributed by atoms with Crippen LogP contribution in [0, 0.1) is 10.1 Å². The molecule has 0 radical (unpaired) electrons. The number of rotatable bonds is 5. The zero-order valence-electron chi connectivity index (χ0n) is 14.2. The monoisotopic (exact) mass is 341 g/mol. The minimum atomic E-state index is -1.06. The van der Waals surface area contributed by atoms with Crippen molar-refractivity contribution in [3.63, 3.8) is 0 Å². The smallest absolute Gasteiger partial charge is 0.301 e. The van der Waals surface area contributed by atoms with E-state index in [1.807, 2.05) is 43.3 Å². The summed E-state index contributed by atoms with van der Waals surface area (Å²) in [5, 5.41) is 15.7. The number of nitrogens with zero attached hydrogens (tertiary/aromatic N) is 3. The fourth-order valence-corrected chi connectivity index (χ4v) is 2.77. The zero-order chi connectivity index (χ0) is 18.0. The highest BCUT2D eigenvalue weighted by molar-refractivity contribution is 6.04. The first kappa shape index (κ1) is 16.8. The van der Waals surface area contributed by atoms with Gasteiger partial charge in [-0.05, 0) is 36.4 Å². The molecule has 0 N–H and O–H groups in total. The molecule has 0 amide bonds. The van der Waals surface area contributed by atoms with Crippen LogP contribution in [0.4, 0.5) is 5.69 Å². The summed E-state index contributed by atoms with van der Waals surface area (Å²) >= 11 is 0. The molecule has 1 aliphatic heterocycles. The minimum absolute atomic E-state index is 0.314. The Morgan fingerprint density at radius 1 is 1.12 bits per heavy atom. The molecule has 25 heavy (non-hydrogen) atoms. The van der Waals surface area contributed by atoms with E-state index in [0.29, 0.717) is 17.0 Å². The van der Waals surface area contributed by atoms with E-state index in [2.05, 4.69) is 5.16 Å². The van der Waals surface area contributed by atoms with Crippen molar-refractivity contribution in [1.29, 1.82) is 0 Å². The topological polar surface area (TPSA) is 77.2 Å². The van der Waals surface area contributed by atoms with Crippen LogP contribution < -0.4 is 9.64 Å². The summed E-state index contributed by atoms with van der Waals surface area (Å²) in [7, 11) is 5.44. The van der Waals surface area contributed by atoms with Crippen molar-refractivity contribution in [3.8, 4) is 5.75 Å². The van der Waals surface area contributed by atoms with Gasteiger partial charge < -0.3 is 14.5 Å². The predicted octanol–water partition coefficient (Wildman–Crippen LogP) is 2.88. The molecule has 130 valence electrons. The Labute approximate surface area is 145 Å². The second kappa shape index (κ2) is 6.80. The SMILES string of the molecule is COc1ccc(C2=NOC(c3ccc(N(C)C)cc3)C2[N+](=O)[O-])cc1. The van der Waals surface area contributed by atoms with Gasteiger partial charge in [-0.1, -0.05) is 17.3 Å². The summed E-state index contributed by atoms with van der Waals surface area (Å²) in [5.41, 5.74) is 2.69. The Hall–Kier alpha value is -3.09. The average molecular weight is 341 g/mol. The number of anilines is 1. The van der Waals surface area contributed by atoms with Crippen LogP contribution in [0.3, 0.4) is 0 Å². The van der Waals surface area contributed by atoms with Crippen molar-refractivity contribution in [2.45, 2.75) is 12.1 Å². The van der Waals surface area contributed by atoms with E-state index in [1.165, 1.54) is 0 Å². The molecule has 0 saturated carbocycles. The number of nitro groups is 1. The molecule has 2 atom stereocenters. The Kier molecular flexibility index (Phi) is 4.56. The van der Waals surface area contributed by atoms with Crippen molar-refractivity contribution in [1.82, 2.24) is 0 Å². The summed E-state index contributed by atoms with van der Waals surface area (Å²) in [6, 6.07) is 13.4. The van der Waals surface area contributed by atoms with Gasteiger partial charge in [-0.15, -0.1) is 0 Å². The zero-order valence-corrected chi connectivity index (χ0v) is 14.2. The van der Waals surface area contributed by atoms with Gasteiger partial charge in [0, 0.05) is 35.8 Å². The second-order valence-electron chi connectivity index (χ2n) is 5.95. The third-order valence-corrected chi connectivity index (χ3v) is 4.18. The van der Waals surface area contributed by atoms with Gasteiger partial charge >= 0.3 is 6.04 Å². The molecular formula is C18H19N3O4. The molecule has 0 bridgehead atoms. The number of oxime groups is 1. The third kappa shape index (κ3) is 3.26. The quantitative estimate of drug-likeness (QED) is 0.617. The van der Waals surface area contributed by atoms with Gasteiger partial charge in [0.15, 0.2) is 5.71 Å². The Morgan fingerprint density at radius 3 is 2.28 bits per heavy atom. The lowest BCUT2D eigenvalue weighted by atomic mass is 9.95. The molecule has 2 unspecified atom stereocenters. The van der Waals surface area contributed by atoms with E-state index in [-0.39, 0.29) is 4.92 Å². The molecule has 0 spiro atoms. The molecule has 3 rings (SSSR count). The van der Waals surface area contributed by atoms with Gasteiger partial charge in [-0.25, -0.2) is 0 Å². The second-order valence-corrected chi connectivity index (χ2v) is 5.95. The fourth-order valence-electron chi connectivity index (χ4n) is 2.77. The number of methoxy groups -OCH3 is 1. The van der Waals surface area contributed by atoms with Crippen LogP contribution in [-0.2, 0) is 4.84 Å². The van der Waals surface area contributed by atoms with Crippen LogP contribution in [-0.4, -0.2) is 37.9 Å². The summed E-state index contributed by atoms with van der Waals surface area (Å²) in [5.74, 6) is 0.678. The Balaban J connectivity index is 1.89. The highest BCUT2D eigenvalue weighted by Gasteiger charge is 2.45. The van der Waals surface area contributed by atoms with Crippen LogP contribution in [0.15, 0.2) is 53.7 Å². The lowest BCUT2D eigenvalue weighted by Crippen LogP contribution is -2.32. The molecule has 7 nitrogen and oxygen atoms in total. The Bertz CT molecular complexity index is 785. The van der Waals surface area contributed by atoms with E-state index in [4.69, 9.17) is 9.57 Å². The van der Waals surface area contributed by atoms with Gasteiger partial charge in [0.1, 0.15) is 5.75 Å². The standard InChI is InChI=1S/C18H19N3O4/c1-20(2)14-8-4-13(5-9-14)18-17(21(22)23)16(19-25-18)12-6-10-15(24-3)11-7-12/h4-11,17-18H,1-3H3. The summed E-state index contributed by atoms with van der Waals surface area (Å²) in [6.45, 7) is 0. The van der Waals surface area contributed by atoms with Crippen LogP contribution in [0.2, 0.25) is 0 Å². The van der Waals surface area contributed by atoms with Crippen LogP contribution in [0.25, 0.3) is 0 Å². The minimum Gasteiger partial charge on any atom is -0.497 e. The van der Waals surface area contributed by atoms with Gasteiger partial charge in [0.05, 0.1) is 7.11 Å². The number of ether oxygens (including phenoxy) is 1. The van der Waals surface area contributed by atoms with Gasteiger partial charge in [-0.2, -0.15) is 0 Å². The molecule has 1 aliphatic rings. The van der Waals surface area contributed by atoms with Crippen molar-refractivity contribution in [2.75, 3.05) is 26.1 Å². The van der Waals surface area contributed by atoms with Crippen molar-refractivity contribution in [2.24, 2.45) is 5.16 Å². The van der Waals surface area contributed by atoms with Gasteiger partial charge in [0.2, 0.25) is 6.10 Å². The highest BCUT2D eigenvalue weighted by atomic mass is 16.7. The molecule has 0 aromatic heterocycles. The average Bonchev–Trinajstić information content (AvgIpc) is 3.07. The molecule has 0 fully saturated rings. The first-order valence-electron chi connectivity index (χ1n) is 7.80. The summed E-state index contributed by atoms with van der Waals surface area (Å²) in [4.78, 5) is 18.7. The third-order valence-electron chi connectivity index (χ3n) is 4.18. The highest BCUT2D eigenvalue weighted by Crippen LogP contribution is 2.33. The normalized spacial score (nSPS) is 19.1.